The predicted octanol–water partition coefficient (Wildman–Crippen LogP) is 6.42. The molecule has 7 heteroatoms. The van der Waals surface area contributed by atoms with Crippen molar-refractivity contribution in [2.45, 2.75) is 45.6 Å². The van der Waals surface area contributed by atoms with Crippen LogP contribution in [0.2, 0.25) is 0 Å². The van der Waals surface area contributed by atoms with E-state index in [1.165, 1.54) is 12.0 Å². The molecular formula is C32H35NO6. The SMILES string of the molecule is CCCOc1cccc(C2/C(=C(\O)c3cc(C(C)(C)C)ccc3OC)C(=O)C(=O)N2c2ccc(OC)cc2)c1. The van der Waals surface area contributed by atoms with Crippen molar-refractivity contribution in [3.8, 4) is 17.2 Å². The lowest BCUT2D eigenvalue weighted by atomic mass is 9.85. The van der Waals surface area contributed by atoms with Crippen molar-refractivity contribution in [1.29, 1.82) is 0 Å². The lowest BCUT2D eigenvalue weighted by Crippen LogP contribution is -2.29. The lowest BCUT2D eigenvalue weighted by Gasteiger charge is -2.26. The zero-order valence-electron chi connectivity index (χ0n) is 23.3. The number of amides is 1. The minimum atomic E-state index is -0.897. The van der Waals surface area contributed by atoms with Gasteiger partial charge in [0.15, 0.2) is 0 Å². The van der Waals surface area contributed by atoms with Crippen LogP contribution in [0, 0.1) is 0 Å². The number of methoxy groups -OCH3 is 2. The molecule has 39 heavy (non-hydrogen) atoms. The van der Waals surface area contributed by atoms with Gasteiger partial charge < -0.3 is 19.3 Å². The molecule has 1 fully saturated rings. The first-order chi connectivity index (χ1) is 18.6. The summed E-state index contributed by atoms with van der Waals surface area (Å²) in [5.41, 5.74) is 2.18. The van der Waals surface area contributed by atoms with Gasteiger partial charge in [-0.05, 0) is 71.5 Å². The van der Waals surface area contributed by atoms with Gasteiger partial charge in [0.25, 0.3) is 11.7 Å². The fourth-order valence-electron chi connectivity index (χ4n) is 4.66. The Hall–Kier alpha value is -4.26. The summed E-state index contributed by atoms with van der Waals surface area (Å²) in [5.74, 6) is -0.186. The number of rotatable bonds is 8. The molecule has 0 saturated carbocycles. The standard InChI is InChI=1S/C32H35NO6/c1-7-17-39-24-10-8-9-20(18-24)28-27(29(34)25-19-21(32(2,3)4)11-16-26(25)38-6)30(35)31(36)33(28)22-12-14-23(37-5)15-13-22/h8-16,18-19,28,34H,7,17H2,1-6H3/b29-27+. The Morgan fingerprint density at radius 3 is 2.26 bits per heavy atom. The third-order valence-corrected chi connectivity index (χ3v) is 6.76. The quantitative estimate of drug-likeness (QED) is 0.206. The zero-order chi connectivity index (χ0) is 28.3. The first-order valence-corrected chi connectivity index (χ1v) is 13.0. The van der Waals surface area contributed by atoms with Gasteiger partial charge in [0.05, 0.1) is 38.0 Å². The third kappa shape index (κ3) is 5.48. The van der Waals surface area contributed by atoms with Gasteiger partial charge in [0.1, 0.15) is 23.0 Å². The van der Waals surface area contributed by atoms with Gasteiger partial charge >= 0.3 is 0 Å². The molecule has 1 saturated heterocycles. The number of nitrogens with zero attached hydrogens (tertiary/aromatic N) is 1. The minimum Gasteiger partial charge on any atom is -0.507 e. The molecule has 4 rings (SSSR count). The smallest absolute Gasteiger partial charge is 0.300 e. The molecule has 1 aliphatic rings. The monoisotopic (exact) mass is 529 g/mol. The van der Waals surface area contributed by atoms with E-state index in [0.717, 1.165) is 12.0 Å². The molecule has 0 aromatic heterocycles. The molecule has 7 nitrogen and oxygen atoms in total. The number of benzene rings is 3. The van der Waals surface area contributed by atoms with Gasteiger partial charge in [-0.2, -0.15) is 0 Å². The normalized spacial score (nSPS) is 16.9. The van der Waals surface area contributed by atoms with Crippen molar-refractivity contribution >= 4 is 23.1 Å². The maximum atomic E-state index is 13.6. The number of carbonyl (C=O) groups is 2. The van der Waals surface area contributed by atoms with Crippen LogP contribution in [0.4, 0.5) is 5.69 Å². The van der Waals surface area contributed by atoms with Gasteiger partial charge in [-0.3, -0.25) is 14.5 Å². The number of ketones is 1. The number of hydrogen-bond acceptors (Lipinski definition) is 6. The van der Waals surface area contributed by atoms with Crippen molar-refractivity contribution in [3.63, 3.8) is 0 Å². The highest BCUT2D eigenvalue weighted by molar-refractivity contribution is 6.51. The van der Waals surface area contributed by atoms with Crippen LogP contribution in [0.1, 0.15) is 56.8 Å². The maximum absolute atomic E-state index is 13.6. The summed E-state index contributed by atoms with van der Waals surface area (Å²) in [5, 5.41) is 11.7. The molecule has 1 N–H and O–H groups in total. The average Bonchev–Trinajstić information content (AvgIpc) is 3.20. The van der Waals surface area contributed by atoms with Crippen molar-refractivity contribution in [3.05, 3.63) is 89.0 Å². The van der Waals surface area contributed by atoms with Crippen LogP contribution in [0.5, 0.6) is 17.2 Å². The van der Waals surface area contributed by atoms with E-state index in [0.29, 0.717) is 40.7 Å². The van der Waals surface area contributed by atoms with E-state index in [4.69, 9.17) is 14.2 Å². The Kier molecular flexibility index (Phi) is 8.00. The molecule has 1 heterocycles. The van der Waals surface area contributed by atoms with Gasteiger partial charge in [0, 0.05) is 5.69 Å². The number of ether oxygens (including phenoxy) is 3. The summed E-state index contributed by atoms with van der Waals surface area (Å²) >= 11 is 0. The van der Waals surface area contributed by atoms with E-state index in [1.807, 2.05) is 37.3 Å². The first-order valence-electron chi connectivity index (χ1n) is 13.0. The Morgan fingerprint density at radius 2 is 1.64 bits per heavy atom. The summed E-state index contributed by atoms with van der Waals surface area (Å²) in [4.78, 5) is 28.6. The van der Waals surface area contributed by atoms with Crippen LogP contribution in [-0.4, -0.2) is 37.6 Å². The van der Waals surface area contributed by atoms with E-state index in [-0.39, 0.29) is 16.7 Å². The molecule has 1 unspecified atom stereocenters. The van der Waals surface area contributed by atoms with Crippen LogP contribution in [0.15, 0.2) is 72.3 Å². The number of aliphatic hydroxyl groups excluding tert-OH is 1. The zero-order valence-corrected chi connectivity index (χ0v) is 23.3. The van der Waals surface area contributed by atoms with Gasteiger partial charge in [-0.1, -0.05) is 45.9 Å². The molecule has 204 valence electrons. The van der Waals surface area contributed by atoms with Crippen LogP contribution in [0.3, 0.4) is 0 Å². The second-order valence-corrected chi connectivity index (χ2v) is 10.5. The molecule has 0 bridgehead atoms. The van der Waals surface area contributed by atoms with Gasteiger partial charge in [-0.25, -0.2) is 0 Å². The van der Waals surface area contributed by atoms with E-state index >= 15 is 0 Å². The average molecular weight is 530 g/mol. The second-order valence-electron chi connectivity index (χ2n) is 10.5. The summed E-state index contributed by atoms with van der Waals surface area (Å²) in [6.07, 6.45) is 0.832. The topological polar surface area (TPSA) is 85.3 Å². The molecule has 3 aromatic rings. The number of carbonyl (C=O) groups excluding carboxylic acids is 2. The van der Waals surface area contributed by atoms with E-state index < -0.39 is 17.7 Å². The summed E-state index contributed by atoms with van der Waals surface area (Å²) in [7, 11) is 3.06. The van der Waals surface area contributed by atoms with Gasteiger partial charge in [-0.15, -0.1) is 0 Å². The molecule has 0 radical (unpaired) electrons. The second kappa shape index (κ2) is 11.2. The first kappa shape index (κ1) is 27.8. The van der Waals surface area contributed by atoms with E-state index in [1.54, 1.807) is 43.5 Å². The highest BCUT2D eigenvalue weighted by Gasteiger charge is 2.47. The Labute approximate surface area is 229 Å². The molecular weight excluding hydrogens is 494 g/mol. The van der Waals surface area contributed by atoms with Crippen LogP contribution in [-0.2, 0) is 15.0 Å². The van der Waals surface area contributed by atoms with E-state index in [2.05, 4.69) is 20.8 Å². The number of Topliss-reactive ketones (excluding diaryl/α,β-unsaturated/α-hetero) is 1. The number of anilines is 1. The highest BCUT2D eigenvalue weighted by Crippen LogP contribution is 2.44. The van der Waals surface area contributed by atoms with Crippen molar-refractivity contribution in [2.24, 2.45) is 0 Å². The largest absolute Gasteiger partial charge is 0.507 e. The number of aliphatic hydroxyl groups is 1. The van der Waals surface area contributed by atoms with Gasteiger partial charge in [0.2, 0.25) is 0 Å². The molecule has 1 amide bonds. The van der Waals surface area contributed by atoms with Crippen LogP contribution >= 0.6 is 0 Å². The van der Waals surface area contributed by atoms with Crippen molar-refractivity contribution in [2.75, 3.05) is 25.7 Å². The molecule has 1 atom stereocenters. The Bertz CT molecular complexity index is 1400. The molecule has 0 aliphatic carbocycles. The molecule has 1 aliphatic heterocycles. The Morgan fingerprint density at radius 1 is 0.923 bits per heavy atom. The molecule has 3 aromatic carbocycles. The van der Waals surface area contributed by atoms with Crippen LogP contribution < -0.4 is 19.1 Å². The van der Waals surface area contributed by atoms with Crippen molar-refractivity contribution in [1.82, 2.24) is 0 Å². The summed E-state index contributed by atoms with van der Waals surface area (Å²) in [6, 6.07) is 18.8. The fourth-order valence-corrected chi connectivity index (χ4v) is 4.66. The maximum Gasteiger partial charge on any atom is 0.300 e. The minimum absolute atomic E-state index is 0.0205. The summed E-state index contributed by atoms with van der Waals surface area (Å²) in [6.45, 7) is 8.72. The lowest BCUT2D eigenvalue weighted by molar-refractivity contribution is -0.132. The fraction of sp³-hybridized carbons (Fsp3) is 0.312. The third-order valence-electron chi connectivity index (χ3n) is 6.76. The van der Waals surface area contributed by atoms with E-state index in [9.17, 15) is 14.7 Å². The highest BCUT2D eigenvalue weighted by atomic mass is 16.5. The molecule has 0 spiro atoms. The summed E-state index contributed by atoms with van der Waals surface area (Å²) < 4.78 is 16.7. The van der Waals surface area contributed by atoms with Crippen LogP contribution in [0.25, 0.3) is 5.76 Å². The Balaban J connectivity index is 1.96. The van der Waals surface area contributed by atoms with Crippen molar-refractivity contribution < 1.29 is 28.9 Å². The predicted molar refractivity (Wildman–Crippen MR) is 152 cm³/mol. The number of hydrogen-bond donors (Lipinski definition) is 1.